The summed E-state index contributed by atoms with van der Waals surface area (Å²) in [6.45, 7) is 5.11. The molecule has 0 aromatic carbocycles. The quantitative estimate of drug-likeness (QED) is 0.841. The van der Waals surface area contributed by atoms with Gasteiger partial charge in [-0.2, -0.15) is 0 Å². The van der Waals surface area contributed by atoms with E-state index in [2.05, 4.69) is 50.9 Å². The van der Waals surface area contributed by atoms with E-state index >= 15 is 0 Å². The maximum absolute atomic E-state index is 4.59. The van der Waals surface area contributed by atoms with Gasteiger partial charge in [0.25, 0.3) is 0 Å². The van der Waals surface area contributed by atoms with Gasteiger partial charge in [-0.25, -0.2) is 9.97 Å². The van der Waals surface area contributed by atoms with E-state index in [0.29, 0.717) is 0 Å². The van der Waals surface area contributed by atoms with Crippen LogP contribution < -0.4 is 5.32 Å². The number of hydrogen-bond donors (Lipinski definition) is 1. The molecule has 0 fully saturated rings. The lowest BCUT2D eigenvalue weighted by molar-refractivity contribution is 0.959. The van der Waals surface area contributed by atoms with E-state index in [-0.39, 0.29) is 0 Å². The van der Waals surface area contributed by atoms with Crippen molar-refractivity contribution >= 4 is 39.7 Å². The summed E-state index contributed by atoms with van der Waals surface area (Å²) < 4.78 is 1.11. The van der Waals surface area contributed by atoms with Gasteiger partial charge in [0.05, 0.1) is 14.1 Å². The van der Waals surface area contributed by atoms with E-state index in [0.717, 1.165) is 38.7 Å². The van der Waals surface area contributed by atoms with E-state index in [1.165, 1.54) is 0 Å². The topological polar surface area (TPSA) is 37.8 Å². The lowest BCUT2D eigenvalue weighted by Crippen LogP contribution is -2.07. The Bertz CT molecular complexity index is 497. The monoisotopic (exact) mass is 359 g/mol. The van der Waals surface area contributed by atoms with Crippen molar-refractivity contribution in [2.24, 2.45) is 0 Å². The van der Waals surface area contributed by atoms with Crippen molar-refractivity contribution in [2.75, 3.05) is 11.9 Å². The third kappa shape index (κ3) is 2.95. The number of hydrogen-bond acceptors (Lipinski definition) is 4. The van der Waals surface area contributed by atoms with Crippen LogP contribution in [0.1, 0.15) is 19.0 Å². The standard InChI is InChI=1S/C12H14IN3S/c1-3-6-14-12-10(13)8(2)15-11(16-12)9-5-4-7-17-9/h4-5,7H,3,6H2,1-2H3,(H,14,15,16). The first-order valence-electron chi connectivity index (χ1n) is 5.54. The van der Waals surface area contributed by atoms with Crippen molar-refractivity contribution in [2.45, 2.75) is 20.3 Å². The molecule has 3 nitrogen and oxygen atoms in total. The highest BCUT2D eigenvalue weighted by Gasteiger charge is 2.10. The summed E-state index contributed by atoms with van der Waals surface area (Å²) in [6.07, 6.45) is 1.09. The van der Waals surface area contributed by atoms with Gasteiger partial charge in [-0.05, 0) is 47.4 Å². The Morgan fingerprint density at radius 1 is 1.41 bits per heavy atom. The fraction of sp³-hybridized carbons (Fsp3) is 0.333. The Kier molecular flexibility index (Phi) is 4.33. The first-order valence-corrected chi connectivity index (χ1v) is 7.50. The molecule has 17 heavy (non-hydrogen) atoms. The largest absolute Gasteiger partial charge is 0.369 e. The molecular weight excluding hydrogens is 345 g/mol. The molecular formula is C12H14IN3S. The summed E-state index contributed by atoms with van der Waals surface area (Å²) in [5.41, 5.74) is 1.03. The molecule has 2 rings (SSSR count). The van der Waals surface area contributed by atoms with Crippen LogP contribution in [0.15, 0.2) is 17.5 Å². The number of nitrogens with one attached hydrogen (secondary N) is 1. The van der Waals surface area contributed by atoms with Crippen LogP contribution in [0, 0.1) is 10.5 Å². The number of rotatable bonds is 4. The van der Waals surface area contributed by atoms with Gasteiger partial charge in [0.1, 0.15) is 5.82 Å². The summed E-state index contributed by atoms with van der Waals surface area (Å²) in [4.78, 5) is 10.2. The second-order valence-electron chi connectivity index (χ2n) is 3.70. The Morgan fingerprint density at radius 2 is 2.24 bits per heavy atom. The van der Waals surface area contributed by atoms with Crippen LogP contribution in [0.5, 0.6) is 0 Å². The number of aryl methyl sites for hydroxylation is 1. The predicted octanol–water partition coefficient (Wildman–Crippen LogP) is 3.94. The van der Waals surface area contributed by atoms with Crippen molar-refractivity contribution in [1.29, 1.82) is 0 Å². The SMILES string of the molecule is CCCNc1nc(-c2cccs2)nc(C)c1I. The second-order valence-corrected chi connectivity index (χ2v) is 5.73. The molecule has 2 aromatic rings. The van der Waals surface area contributed by atoms with Crippen molar-refractivity contribution < 1.29 is 0 Å². The van der Waals surface area contributed by atoms with Crippen LogP contribution in [0.3, 0.4) is 0 Å². The molecule has 0 aliphatic heterocycles. The molecule has 0 radical (unpaired) electrons. The summed E-state index contributed by atoms with van der Waals surface area (Å²) >= 11 is 3.96. The highest BCUT2D eigenvalue weighted by molar-refractivity contribution is 14.1. The fourth-order valence-corrected chi connectivity index (χ4v) is 2.53. The van der Waals surface area contributed by atoms with Crippen LogP contribution in [0.4, 0.5) is 5.82 Å². The van der Waals surface area contributed by atoms with Crippen LogP contribution in [-0.4, -0.2) is 16.5 Å². The summed E-state index contributed by atoms with van der Waals surface area (Å²) in [5, 5.41) is 5.40. The summed E-state index contributed by atoms with van der Waals surface area (Å²) in [5.74, 6) is 1.76. The fourth-order valence-electron chi connectivity index (χ4n) is 1.44. The van der Waals surface area contributed by atoms with Gasteiger partial charge in [0.15, 0.2) is 5.82 Å². The van der Waals surface area contributed by atoms with Gasteiger partial charge in [0, 0.05) is 6.54 Å². The molecule has 2 aromatic heterocycles. The van der Waals surface area contributed by atoms with E-state index in [4.69, 9.17) is 0 Å². The zero-order valence-corrected chi connectivity index (χ0v) is 12.8. The number of halogens is 1. The number of aromatic nitrogens is 2. The van der Waals surface area contributed by atoms with E-state index < -0.39 is 0 Å². The smallest absolute Gasteiger partial charge is 0.171 e. The Hall–Kier alpha value is -0.690. The molecule has 90 valence electrons. The van der Waals surface area contributed by atoms with Crippen LogP contribution >= 0.6 is 33.9 Å². The molecule has 0 bridgehead atoms. The number of nitrogens with zero attached hydrogens (tertiary/aromatic N) is 2. The highest BCUT2D eigenvalue weighted by Crippen LogP contribution is 2.26. The van der Waals surface area contributed by atoms with E-state index in [9.17, 15) is 0 Å². The van der Waals surface area contributed by atoms with Crippen molar-refractivity contribution in [3.05, 3.63) is 26.8 Å². The first-order chi connectivity index (χ1) is 8.22. The molecule has 0 aliphatic carbocycles. The number of thiophene rings is 1. The summed E-state index contributed by atoms with van der Waals surface area (Å²) in [7, 11) is 0. The van der Waals surface area contributed by atoms with Crippen LogP contribution in [-0.2, 0) is 0 Å². The van der Waals surface area contributed by atoms with Gasteiger partial charge < -0.3 is 5.32 Å². The van der Waals surface area contributed by atoms with Crippen molar-refractivity contribution in [3.63, 3.8) is 0 Å². The number of anilines is 1. The zero-order chi connectivity index (χ0) is 12.3. The lowest BCUT2D eigenvalue weighted by atomic mass is 10.3. The maximum Gasteiger partial charge on any atom is 0.171 e. The third-order valence-electron chi connectivity index (χ3n) is 2.30. The maximum atomic E-state index is 4.59. The molecule has 0 unspecified atom stereocenters. The molecule has 1 N–H and O–H groups in total. The molecule has 0 spiro atoms. The minimum atomic E-state index is 0.816. The van der Waals surface area contributed by atoms with Crippen molar-refractivity contribution in [3.8, 4) is 10.7 Å². The Labute approximate surface area is 119 Å². The molecule has 0 aliphatic rings. The van der Waals surface area contributed by atoms with Gasteiger partial charge in [0.2, 0.25) is 0 Å². The Balaban J connectivity index is 2.39. The van der Waals surface area contributed by atoms with Gasteiger partial charge in [-0.3, -0.25) is 0 Å². The predicted molar refractivity (Wildman–Crippen MR) is 81.6 cm³/mol. The molecule has 5 heteroatoms. The van der Waals surface area contributed by atoms with Crippen molar-refractivity contribution in [1.82, 2.24) is 9.97 Å². The molecule has 0 saturated carbocycles. The average molecular weight is 359 g/mol. The highest BCUT2D eigenvalue weighted by atomic mass is 127. The minimum Gasteiger partial charge on any atom is -0.369 e. The normalized spacial score (nSPS) is 10.5. The van der Waals surface area contributed by atoms with E-state index in [1.807, 2.05) is 18.4 Å². The van der Waals surface area contributed by atoms with Crippen LogP contribution in [0.2, 0.25) is 0 Å². The summed E-state index contributed by atoms with van der Waals surface area (Å²) in [6, 6.07) is 4.08. The Morgan fingerprint density at radius 3 is 2.88 bits per heavy atom. The third-order valence-corrected chi connectivity index (χ3v) is 4.46. The lowest BCUT2D eigenvalue weighted by Gasteiger charge is -2.09. The van der Waals surface area contributed by atoms with Gasteiger partial charge >= 0.3 is 0 Å². The molecule has 0 amide bonds. The molecule has 0 atom stereocenters. The average Bonchev–Trinajstić information content (AvgIpc) is 2.84. The van der Waals surface area contributed by atoms with E-state index in [1.54, 1.807) is 11.3 Å². The van der Waals surface area contributed by atoms with Gasteiger partial charge in [-0.15, -0.1) is 11.3 Å². The van der Waals surface area contributed by atoms with Crippen LogP contribution in [0.25, 0.3) is 10.7 Å². The first kappa shape index (κ1) is 12.8. The molecule has 0 saturated heterocycles. The second kappa shape index (κ2) is 5.77. The molecule has 2 heterocycles. The van der Waals surface area contributed by atoms with Gasteiger partial charge in [-0.1, -0.05) is 13.0 Å². The minimum absolute atomic E-state index is 0.816. The zero-order valence-electron chi connectivity index (χ0n) is 9.83.